The number of rotatable bonds is 4. The maximum Gasteiger partial charge on any atom is 0.306 e. The van der Waals surface area contributed by atoms with Gasteiger partial charge in [-0.25, -0.2) is 0 Å². The van der Waals surface area contributed by atoms with Gasteiger partial charge in [0.15, 0.2) is 0 Å². The first-order valence-corrected chi connectivity index (χ1v) is 4.94. The van der Waals surface area contributed by atoms with Crippen LogP contribution < -0.4 is 5.73 Å². The zero-order valence-electron chi connectivity index (χ0n) is 7.79. The normalized spacial score (nSPS) is 12.5. The van der Waals surface area contributed by atoms with Gasteiger partial charge in [0.25, 0.3) is 0 Å². The van der Waals surface area contributed by atoms with E-state index >= 15 is 0 Å². The molecule has 1 atom stereocenters. The molecule has 5 nitrogen and oxygen atoms in total. The zero-order valence-corrected chi connectivity index (χ0v) is 9.37. The number of ether oxygens (including phenoxy) is 1. The molecule has 1 aromatic heterocycles. The molecule has 0 radical (unpaired) electrons. The predicted molar refractivity (Wildman–Crippen MR) is 54.7 cm³/mol. The second kappa shape index (κ2) is 5.11. The van der Waals surface area contributed by atoms with Crippen molar-refractivity contribution in [3.8, 4) is 0 Å². The van der Waals surface area contributed by atoms with Crippen LogP contribution in [0.3, 0.4) is 0 Å². The molecular formula is C8H12BrN3O2. The van der Waals surface area contributed by atoms with E-state index in [-0.39, 0.29) is 18.3 Å². The van der Waals surface area contributed by atoms with E-state index in [4.69, 9.17) is 5.73 Å². The quantitative estimate of drug-likeness (QED) is 0.785. The molecule has 0 amide bonds. The maximum absolute atomic E-state index is 11.1. The third kappa shape index (κ3) is 2.55. The minimum absolute atomic E-state index is 0.0840. The topological polar surface area (TPSA) is 81.0 Å². The van der Waals surface area contributed by atoms with Crippen LogP contribution in [0.1, 0.15) is 18.0 Å². The molecule has 0 fully saturated rings. The highest BCUT2D eigenvalue weighted by Gasteiger charge is 2.18. The number of hydrogen-bond acceptors (Lipinski definition) is 4. The molecule has 0 aromatic carbocycles. The molecule has 1 aromatic rings. The first kappa shape index (κ1) is 11.2. The Morgan fingerprint density at radius 1 is 1.86 bits per heavy atom. The largest absolute Gasteiger partial charge is 0.469 e. The van der Waals surface area contributed by atoms with E-state index < -0.39 is 0 Å². The zero-order chi connectivity index (χ0) is 10.6. The number of H-pyrrole nitrogens is 1. The van der Waals surface area contributed by atoms with Crippen LogP contribution in [0.4, 0.5) is 0 Å². The standard InChI is InChI=1S/C8H12BrN3O2/c1-14-7(13)2-5(3-10)8-6(9)4-11-12-8/h4-5H,2-3,10H2,1H3,(H,11,12). The van der Waals surface area contributed by atoms with Crippen molar-refractivity contribution in [1.82, 2.24) is 10.2 Å². The molecule has 0 aliphatic heterocycles. The van der Waals surface area contributed by atoms with Crippen molar-refractivity contribution < 1.29 is 9.53 Å². The van der Waals surface area contributed by atoms with Gasteiger partial charge in [-0.3, -0.25) is 9.89 Å². The number of hydrogen-bond donors (Lipinski definition) is 2. The fourth-order valence-corrected chi connectivity index (χ4v) is 1.67. The molecule has 14 heavy (non-hydrogen) atoms. The number of esters is 1. The van der Waals surface area contributed by atoms with Gasteiger partial charge in [-0.1, -0.05) is 0 Å². The lowest BCUT2D eigenvalue weighted by Gasteiger charge is -2.11. The van der Waals surface area contributed by atoms with Crippen LogP contribution in [-0.2, 0) is 9.53 Å². The van der Waals surface area contributed by atoms with E-state index in [0.29, 0.717) is 6.54 Å². The minimum atomic E-state index is -0.276. The second-order valence-corrected chi connectivity index (χ2v) is 3.70. The number of nitrogens with zero attached hydrogens (tertiary/aromatic N) is 1. The van der Waals surface area contributed by atoms with Crippen LogP contribution in [0.15, 0.2) is 10.7 Å². The summed E-state index contributed by atoms with van der Waals surface area (Å²) in [6.45, 7) is 0.371. The summed E-state index contributed by atoms with van der Waals surface area (Å²) >= 11 is 3.32. The third-order valence-corrected chi connectivity index (χ3v) is 2.59. The summed E-state index contributed by atoms with van der Waals surface area (Å²) in [7, 11) is 1.36. The van der Waals surface area contributed by atoms with Gasteiger partial charge >= 0.3 is 5.97 Å². The Morgan fingerprint density at radius 3 is 3.00 bits per heavy atom. The average Bonchev–Trinajstić information content (AvgIpc) is 2.60. The number of methoxy groups -OCH3 is 1. The van der Waals surface area contributed by atoms with E-state index in [1.165, 1.54) is 7.11 Å². The Morgan fingerprint density at radius 2 is 2.57 bits per heavy atom. The van der Waals surface area contributed by atoms with Crippen LogP contribution in [0.5, 0.6) is 0 Å². The molecule has 0 aliphatic rings. The summed E-state index contributed by atoms with van der Waals surface area (Å²) < 4.78 is 5.41. The van der Waals surface area contributed by atoms with E-state index in [1.54, 1.807) is 6.20 Å². The van der Waals surface area contributed by atoms with Crippen molar-refractivity contribution in [2.45, 2.75) is 12.3 Å². The summed E-state index contributed by atoms with van der Waals surface area (Å²) in [4.78, 5) is 11.1. The van der Waals surface area contributed by atoms with E-state index in [0.717, 1.165) is 10.2 Å². The van der Waals surface area contributed by atoms with Gasteiger partial charge in [-0.05, 0) is 15.9 Å². The number of nitrogens with two attached hydrogens (primary N) is 1. The number of nitrogens with one attached hydrogen (secondary N) is 1. The maximum atomic E-state index is 11.1. The monoisotopic (exact) mass is 261 g/mol. The van der Waals surface area contributed by atoms with Gasteiger partial charge in [-0.2, -0.15) is 5.10 Å². The Labute approximate surface area is 90.1 Å². The molecule has 3 N–H and O–H groups in total. The summed E-state index contributed by atoms with van der Waals surface area (Å²) in [5.41, 5.74) is 6.39. The summed E-state index contributed by atoms with van der Waals surface area (Å²) in [6, 6.07) is 0. The lowest BCUT2D eigenvalue weighted by Crippen LogP contribution is -2.18. The Bertz CT molecular complexity index is 313. The number of carbonyl (C=O) groups is 1. The van der Waals surface area contributed by atoms with Crippen molar-refractivity contribution in [2.24, 2.45) is 5.73 Å². The first-order chi connectivity index (χ1) is 6.69. The predicted octanol–water partition coefficient (Wildman–Crippen LogP) is 0.778. The average molecular weight is 262 g/mol. The number of aromatic amines is 1. The van der Waals surface area contributed by atoms with Crippen LogP contribution in [0.25, 0.3) is 0 Å². The summed E-state index contributed by atoms with van der Waals surface area (Å²) in [5, 5.41) is 6.65. The second-order valence-electron chi connectivity index (χ2n) is 2.84. The van der Waals surface area contributed by atoms with Crippen molar-refractivity contribution in [3.63, 3.8) is 0 Å². The third-order valence-electron chi connectivity index (χ3n) is 1.95. The molecule has 0 bridgehead atoms. The molecule has 0 spiro atoms. The van der Waals surface area contributed by atoms with Gasteiger partial charge in [-0.15, -0.1) is 0 Å². The van der Waals surface area contributed by atoms with Gasteiger partial charge < -0.3 is 10.5 Å². The van der Waals surface area contributed by atoms with Crippen molar-refractivity contribution in [3.05, 3.63) is 16.4 Å². The molecular weight excluding hydrogens is 250 g/mol. The molecule has 1 unspecified atom stereocenters. The number of aromatic nitrogens is 2. The Hall–Kier alpha value is -0.880. The van der Waals surface area contributed by atoms with Crippen molar-refractivity contribution in [1.29, 1.82) is 0 Å². The van der Waals surface area contributed by atoms with Crippen LogP contribution in [-0.4, -0.2) is 29.8 Å². The molecule has 0 aliphatic carbocycles. The summed E-state index contributed by atoms with van der Waals surface area (Å²) in [5.74, 6) is -0.360. The highest BCUT2D eigenvalue weighted by atomic mass is 79.9. The van der Waals surface area contributed by atoms with Crippen LogP contribution in [0, 0.1) is 0 Å². The fraction of sp³-hybridized carbons (Fsp3) is 0.500. The molecule has 1 heterocycles. The van der Waals surface area contributed by atoms with Gasteiger partial charge in [0.2, 0.25) is 0 Å². The first-order valence-electron chi connectivity index (χ1n) is 4.14. The Kier molecular flexibility index (Phi) is 4.09. The van der Waals surface area contributed by atoms with Crippen molar-refractivity contribution >= 4 is 21.9 Å². The lowest BCUT2D eigenvalue weighted by molar-refractivity contribution is -0.141. The van der Waals surface area contributed by atoms with Crippen LogP contribution in [0.2, 0.25) is 0 Å². The van der Waals surface area contributed by atoms with Crippen LogP contribution >= 0.6 is 15.9 Å². The van der Waals surface area contributed by atoms with Gasteiger partial charge in [0.05, 0.1) is 29.9 Å². The van der Waals surface area contributed by atoms with E-state index in [2.05, 4.69) is 30.9 Å². The molecule has 0 saturated carbocycles. The molecule has 78 valence electrons. The summed E-state index contributed by atoms with van der Waals surface area (Å²) in [6.07, 6.45) is 1.89. The Balaban J connectivity index is 2.72. The SMILES string of the molecule is COC(=O)CC(CN)c1[nH]ncc1Br. The number of carbonyl (C=O) groups excluding carboxylic acids is 1. The van der Waals surface area contributed by atoms with Crippen molar-refractivity contribution in [2.75, 3.05) is 13.7 Å². The number of halogens is 1. The minimum Gasteiger partial charge on any atom is -0.469 e. The van der Waals surface area contributed by atoms with Gasteiger partial charge in [0, 0.05) is 12.5 Å². The molecule has 1 rings (SSSR count). The lowest BCUT2D eigenvalue weighted by atomic mass is 10.0. The van der Waals surface area contributed by atoms with Gasteiger partial charge in [0.1, 0.15) is 0 Å². The smallest absolute Gasteiger partial charge is 0.306 e. The van der Waals surface area contributed by atoms with E-state index in [1.807, 2.05) is 0 Å². The molecule has 0 saturated heterocycles. The fourth-order valence-electron chi connectivity index (χ4n) is 1.16. The highest BCUT2D eigenvalue weighted by molar-refractivity contribution is 9.10. The molecule has 6 heteroatoms. The highest BCUT2D eigenvalue weighted by Crippen LogP contribution is 2.24. The van der Waals surface area contributed by atoms with E-state index in [9.17, 15) is 4.79 Å².